The minimum atomic E-state index is -0.523. The number of carbonyl (C=O) groups excluding carboxylic acids is 1. The Labute approximate surface area is 112 Å². The van der Waals surface area contributed by atoms with Crippen molar-refractivity contribution in [2.75, 3.05) is 0 Å². The van der Waals surface area contributed by atoms with Crippen molar-refractivity contribution in [1.29, 1.82) is 0 Å². The molecule has 3 aromatic rings. The number of hydrogen-bond acceptors (Lipinski definition) is 3. The quantitative estimate of drug-likeness (QED) is 0.669. The SMILES string of the molecule is Cc1c(C(=O)c2ccc(F)cn2)oc2ccc(F)cc12. The summed E-state index contributed by atoms with van der Waals surface area (Å²) >= 11 is 0. The lowest BCUT2D eigenvalue weighted by molar-refractivity contribution is 0.101. The van der Waals surface area contributed by atoms with Crippen LogP contribution in [0.25, 0.3) is 11.0 Å². The molecule has 20 heavy (non-hydrogen) atoms. The smallest absolute Gasteiger partial charge is 0.246 e. The second-order valence-corrected chi connectivity index (χ2v) is 4.39. The van der Waals surface area contributed by atoms with Crippen LogP contribution >= 0.6 is 0 Å². The number of pyridine rings is 1. The molecule has 0 atom stereocenters. The van der Waals surface area contributed by atoms with Crippen LogP contribution < -0.4 is 0 Å². The van der Waals surface area contributed by atoms with Crippen LogP contribution in [0.3, 0.4) is 0 Å². The Morgan fingerprint density at radius 1 is 1.15 bits per heavy atom. The standard InChI is InChI=1S/C15H9F2NO2/c1-8-11-6-9(16)3-5-13(11)20-15(8)14(19)12-4-2-10(17)7-18-12/h2-7H,1H3. The molecule has 2 heterocycles. The second kappa shape index (κ2) is 4.52. The predicted octanol–water partition coefficient (Wildman–Crippen LogP) is 3.65. The van der Waals surface area contributed by atoms with E-state index in [0.29, 0.717) is 16.5 Å². The summed E-state index contributed by atoms with van der Waals surface area (Å²) < 4.78 is 31.5. The number of ketones is 1. The average Bonchev–Trinajstić information content (AvgIpc) is 2.76. The van der Waals surface area contributed by atoms with Gasteiger partial charge in [-0.1, -0.05) is 0 Å². The van der Waals surface area contributed by atoms with Gasteiger partial charge in [0.05, 0.1) is 6.20 Å². The molecule has 100 valence electrons. The van der Waals surface area contributed by atoms with Gasteiger partial charge in [0.15, 0.2) is 5.76 Å². The van der Waals surface area contributed by atoms with Gasteiger partial charge in [0.2, 0.25) is 5.78 Å². The van der Waals surface area contributed by atoms with Gasteiger partial charge in [-0.05, 0) is 37.3 Å². The van der Waals surface area contributed by atoms with Crippen LogP contribution in [0.2, 0.25) is 0 Å². The van der Waals surface area contributed by atoms with Gasteiger partial charge in [0, 0.05) is 10.9 Å². The van der Waals surface area contributed by atoms with Crippen molar-refractivity contribution < 1.29 is 18.0 Å². The minimum absolute atomic E-state index is 0.0778. The highest BCUT2D eigenvalue weighted by Gasteiger charge is 2.20. The molecule has 0 aliphatic heterocycles. The number of halogens is 2. The summed E-state index contributed by atoms with van der Waals surface area (Å²) in [7, 11) is 0. The van der Waals surface area contributed by atoms with Gasteiger partial charge in [0.1, 0.15) is 22.9 Å². The maximum absolute atomic E-state index is 13.2. The number of fused-ring (bicyclic) bond motifs is 1. The molecule has 3 nitrogen and oxygen atoms in total. The third kappa shape index (κ3) is 1.97. The van der Waals surface area contributed by atoms with E-state index in [2.05, 4.69) is 4.98 Å². The number of aromatic nitrogens is 1. The lowest BCUT2D eigenvalue weighted by Crippen LogP contribution is -2.04. The Hall–Kier alpha value is -2.56. The molecule has 2 aromatic heterocycles. The van der Waals surface area contributed by atoms with Crippen molar-refractivity contribution in [3.63, 3.8) is 0 Å². The molecule has 0 N–H and O–H groups in total. The minimum Gasteiger partial charge on any atom is -0.452 e. The number of furan rings is 1. The summed E-state index contributed by atoms with van der Waals surface area (Å²) in [4.78, 5) is 16.0. The van der Waals surface area contributed by atoms with Gasteiger partial charge in [-0.2, -0.15) is 0 Å². The molecule has 0 unspecified atom stereocenters. The number of aryl methyl sites for hydroxylation is 1. The molecule has 5 heteroatoms. The molecule has 0 saturated carbocycles. The topological polar surface area (TPSA) is 43.1 Å². The molecule has 0 aliphatic carbocycles. The van der Waals surface area contributed by atoms with E-state index in [9.17, 15) is 13.6 Å². The van der Waals surface area contributed by atoms with Gasteiger partial charge in [-0.25, -0.2) is 13.8 Å². The summed E-state index contributed by atoms with van der Waals surface area (Å²) in [5, 5.41) is 0.537. The molecule has 1 aromatic carbocycles. The molecule has 3 rings (SSSR count). The lowest BCUT2D eigenvalue weighted by atomic mass is 10.1. The zero-order valence-corrected chi connectivity index (χ0v) is 10.5. The highest BCUT2D eigenvalue weighted by atomic mass is 19.1. The fraction of sp³-hybridized carbons (Fsp3) is 0.0667. The maximum atomic E-state index is 13.2. The number of carbonyl (C=O) groups is 1. The van der Waals surface area contributed by atoms with Gasteiger partial charge in [-0.15, -0.1) is 0 Å². The van der Waals surface area contributed by atoms with Crippen LogP contribution in [0.5, 0.6) is 0 Å². The highest BCUT2D eigenvalue weighted by molar-refractivity contribution is 6.09. The first-order valence-electron chi connectivity index (χ1n) is 5.91. The molecule has 0 radical (unpaired) electrons. The fourth-order valence-corrected chi connectivity index (χ4v) is 2.04. The third-order valence-corrected chi connectivity index (χ3v) is 3.06. The molecule has 0 fully saturated rings. The number of nitrogens with zero attached hydrogens (tertiary/aromatic N) is 1. The van der Waals surface area contributed by atoms with Gasteiger partial charge >= 0.3 is 0 Å². The van der Waals surface area contributed by atoms with Gasteiger partial charge in [-0.3, -0.25) is 4.79 Å². The molecule has 0 bridgehead atoms. The summed E-state index contributed by atoms with van der Waals surface area (Å²) in [5.41, 5.74) is 1.04. The Morgan fingerprint density at radius 2 is 1.90 bits per heavy atom. The first-order valence-corrected chi connectivity index (χ1v) is 5.91. The largest absolute Gasteiger partial charge is 0.452 e. The Morgan fingerprint density at radius 3 is 2.60 bits per heavy atom. The number of hydrogen-bond donors (Lipinski definition) is 0. The molecular weight excluding hydrogens is 264 g/mol. The molecular formula is C15H9F2NO2. The third-order valence-electron chi connectivity index (χ3n) is 3.06. The van der Waals surface area contributed by atoms with E-state index in [1.54, 1.807) is 6.92 Å². The van der Waals surface area contributed by atoms with Crippen LogP contribution in [0.15, 0.2) is 40.9 Å². The summed E-state index contributed by atoms with van der Waals surface area (Å²) in [6.07, 6.45) is 0.963. The fourth-order valence-electron chi connectivity index (χ4n) is 2.04. The van der Waals surface area contributed by atoms with E-state index in [1.807, 2.05) is 0 Å². The van der Waals surface area contributed by atoms with E-state index in [1.165, 1.54) is 24.3 Å². The van der Waals surface area contributed by atoms with Crippen LogP contribution in [0.1, 0.15) is 21.8 Å². The van der Waals surface area contributed by atoms with Crippen molar-refractivity contribution in [2.45, 2.75) is 6.92 Å². The maximum Gasteiger partial charge on any atom is 0.246 e. The Kier molecular flexibility index (Phi) is 2.82. The second-order valence-electron chi connectivity index (χ2n) is 4.39. The van der Waals surface area contributed by atoms with E-state index >= 15 is 0 Å². The normalized spacial score (nSPS) is 10.9. The summed E-state index contributed by atoms with van der Waals surface area (Å²) in [6, 6.07) is 6.47. The Balaban J connectivity index is 2.12. The van der Waals surface area contributed by atoms with Crippen molar-refractivity contribution in [1.82, 2.24) is 4.98 Å². The van der Waals surface area contributed by atoms with Gasteiger partial charge in [0.25, 0.3) is 0 Å². The first-order chi connectivity index (χ1) is 9.56. The average molecular weight is 273 g/mol. The van der Waals surface area contributed by atoms with Crippen molar-refractivity contribution in [2.24, 2.45) is 0 Å². The van der Waals surface area contributed by atoms with Gasteiger partial charge < -0.3 is 4.42 Å². The van der Waals surface area contributed by atoms with E-state index in [0.717, 1.165) is 12.3 Å². The van der Waals surface area contributed by atoms with E-state index in [4.69, 9.17) is 4.42 Å². The number of benzene rings is 1. The Bertz CT molecular complexity index is 807. The lowest BCUT2D eigenvalue weighted by Gasteiger charge is -1.97. The molecule has 0 spiro atoms. The van der Waals surface area contributed by atoms with Crippen LogP contribution in [0, 0.1) is 18.6 Å². The van der Waals surface area contributed by atoms with Crippen molar-refractivity contribution >= 4 is 16.8 Å². The van der Waals surface area contributed by atoms with Crippen LogP contribution in [-0.4, -0.2) is 10.8 Å². The molecule has 0 saturated heterocycles. The van der Waals surface area contributed by atoms with Crippen molar-refractivity contribution in [3.8, 4) is 0 Å². The van der Waals surface area contributed by atoms with E-state index in [-0.39, 0.29) is 11.5 Å². The monoisotopic (exact) mass is 273 g/mol. The predicted molar refractivity (Wildman–Crippen MR) is 68.5 cm³/mol. The highest BCUT2D eigenvalue weighted by Crippen LogP contribution is 2.27. The van der Waals surface area contributed by atoms with Crippen LogP contribution in [-0.2, 0) is 0 Å². The first kappa shape index (κ1) is 12.5. The summed E-state index contributed by atoms with van der Waals surface area (Å²) in [5.74, 6) is -1.30. The van der Waals surface area contributed by atoms with E-state index < -0.39 is 17.4 Å². The van der Waals surface area contributed by atoms with Crippen molar-refractivity contribution in [3.05, 3.63) is 65.2 Å². The summed E-state index contributed by atoms with van der Waals surface area (Å²) in [6.45, 7) is 1.67. The molecule has 0 amide bonds. The van der Waals surface area contributed by atoms with Crippen LogP contribution in [0.4, 0.5) is 8.78 Å². The zero-order chi connectivity index (χ0) is 14.3. The number of rotatable bonds is 2. The molecule has 0 aliphatic rings. The zero-order valence-electron chi connectivity index (χ0n) is 10.5.